The number of benzene rings is 1. The van der Waals surface area contributed by atoms with Gasteiger partial charge < -0.3 is 10.1 Å². The number of ether oxygens (including phenoxy) is 1. The molecule has 0 bridgehead atoms. The van der Waals surface area contributed by atoms with E-state index < -0.39 is 6.10 Å². The van der Waals surface area contributed by atoms with Gasteiger partial charge in [-0.05, 0) is 49.3 Å². The van der Waals surface area contributed by atoms with Crippen molar-refractivity contribution in [3.05, 3.63) is 29.3 Å². The number of rotatable bonds is 7. The molecule has 3 nitrogen and oxygen atoms in total. The third kappa shape index (κ3) is 5.78. The van der Waals surface area contributed by atoms with Crippen LogP contribution in [0.15, 0.2) is 18.2 Å². The van der Waals surface area contributed by atoms with Crippen LogP contribution in [0.4, 0.5) is 0 Å². The van der Waals surface area contributed by atoms with E-state index in [1.54, 1.807) is 6.92 Å². The number of hydrogen-bond acceptors (Lipinski definition) is 2. The lowest BCUT2D eigenvalue weighted by molar-refractivity contribution is -0.127. The van der Waals surface area contributed by atoms with Crippen LogP contribution >= 0.6 is 0 Å². The molecule has 1 atom stereocenters. The molecule has 1 aromatic carbocycles. The molecule has 0 aliphatic carbocycles. The van der Waals surface area contributed by atoms with Crippen molar-refractivity contribution in [2.45, 2.75) is 60.0 Å². The standard InChI is InChI=1S/C18H29NO2/c1-12(2)9-10-19-18(20)15(6)21-17-11-16(13(3)4)8-7-14(17)5/h7-8,11-13,15H,9-10H2,1-6H3,(H,19,20). The van der Waals surface area contributed by atoms with Crippen molar-refractivity contribution in [2.24, 2.45) is 5.92 Å². The minimum absolute atomic E-state index is 0.0509. The van der Waals surface area contributed by atoms with Gasteiger partial charge in [0, 0.05) is 6.54 Å². The van der Waals surface area contributed by atoms with Crippen molar-refractivity contribution in [2.75, 3.05) is 6.54 Å². The van der Waals surface area contributed by atoms with E-state index in [-0.39, 0.29) is 5.91 Å². The summed E-state index contributed by atoms with van der Waals surface area (Å²) in [5.74, 6) is 1.78. The zero-order valence-corrected chi connectivity index (χ0v) is 14.2. The number of hydrogen-bond donors (Lipinski definition) is 1. The molecule has 0 saturated heterocycles. The molecule has 1 aromatic rings. The summed E-state index contributed by atoms with van der Waals surface area (Å²) in [5, 5.41) is 2.93. The lowest BCUT2D eigenvalue weighted by Gasteiger charge is -2.18. The van der Waals surface area contributed by atoms with E-state index in [0.29, 0.717) is 18.4 Å². The summed E-state index contributed by atoms with van der Waals surface area (Å²) in [6, 6.07) is 6.20. The summed E-state index contributed by atoms with van der Waals surface area (Å²) >= 11 is 0. The van der Waals surface area contributed by atoms with Crippen molar-refractivity contribution in [1.29, 1.82) is 0 Å². The van der Waals surface area contributed by atoms with Gasteiger partial charge in [-0.3, -0.25) is 4.79 Å². The molecule has 0 radical (unpaired) electrons. The Balaban J connectivity index is 2.63. The Morgan fingerprint density at radius 1 is 1.19 bits per heavy atom. The molecular formula is C18H29NO2. The highest BCUT2D eigenvalue weighted by Gasteiger charge is 2.16. The van der Waals surface area contributed by atoms with Crippen molar-refractivity contribution >= 4 is 5.91 Å². The molecule has 118 valence electrons. The van der Waals surface area contributed by atoms with E-state index in [0.717, 1.165) is 17.7 Å². The summed E-state index contributed by atoms with van der Waals surface area (Å²) in [6.45, 7) is 13.1. The third-order valence-electron chi connectivity index (χ3n) is 3.57. The molecule has 0 fully saturated rings. The van der Waals surface area contributed by atoms with Crippen molar-refractivity contribution in [1.82, 2.24) is 5.32 Å². The van der Waals surface area contributed by atoms with Gasteiger partial charge in [0.25, 0.3) is 5.91 Å². The van der Waals surface area contributed by atoms with Crippen LogP contribution < -0.4 is 10.1 Å². The van der Waals surface area contributed by atoms with Crippen LogP contribution in [-0.2, 0) is 4.79 Å². The smallest absolute Gasteiger partial charge is 0.260 e. The quantitative estimate of drug-likeness (QED) is 0.823. The SMILES string of the molecule is Cc1ccc(C(C)C)cc1OC(C)C(=O)NCCC(C)C. The summed E-state index contributed by atoms with van der Waals surface area (Å²) in [4.78, 5) is 12.0. The van der Waals surface area contributed by atoms with Gasteiger partial charge in [0.05, 0.1) is 0 Å². The lowest BCUT2D eigenvalue weighted by Crippen LogP contribution is -2.37. The Morgan fingerprint density at radius 3 is 2.43 bits per heavy atom. The first-order valence-corrected chi connectivity index (χ1v) is 7.86. The van der Waals surface area contributed by atoms with Gasteiger partial charge in [-0.2, -0.15) is 0 Å². The maximum Gasteiger partial charge on any atom is 0.260 e. The first kappa shape index (κ1) is 17.5. The van der Waals surface area contributed by atoms with Crippen molar-refractivity contribution < 1.29 is 9.53 Å². The fraction of sp³-hybridized carbons (Fsp3) is 0.611. The number of carbonyl (C=O) groups excluding carboxylic acids is 1. The van der Waals surface area contributed by atoms with Crippen LogP contribution in [0.3, 0.4) is 0 Å². The molecule has 0 aliphatic heterocycles. The van der Waals surface area contributed by atoms with Crippen molar-refractivity contribution in [3.63, 3.8) is 0 Å². The second-order valence-electron chi connectivity index (χ2n) is 6.41. The summed E-state index contributed by atoms with van der Waals surface area (Å²) in [6.07, 6.45) is 0.513. The topological polar surface area (TPSA) is 38.3 Å². The van der Waals surface area contributed by atoms with Crippen LogP contribution in [-0.4, -0.2) is 18.6 Å². The van der Waals surface area contributed by atoms with E-state index >= 15 is 0 Å². The molecule has 1 amide bonds. The summed E-state index contributed by atoms with van der Waals surface area (Å²) in [5.41, 5.74) is 2.28. The second-order valence-corrected chi connectivity index (χ2v) is 6.41. The lowest BCUT2D eigenvalue weighted by atomic mass is 10.0. The molecule has 0 aliphatic rings. The predicted molar refractivity (Wildman–Crippen MR) is 87.8 cm³/mol. The van der Waals surface area contributed by atoms with Gasteiger partial charge in [0.15, 0.2) is 6.10 Å². The zero-order valence-electron chi connectivity index (χ0n) is 14.2. The highest BCUT2D eigenvalue weighted by molar-refractivity contribution is 5.80. The van der Waals surface area contributed by atoms with E-state index in [1.807, 2.05) is 19.1 Å². The van der Waals surface area contributed by atoms with E-state index in [4.69, 9.17) is 4.74 Å². The summed E-state index contributed by atoms with van der Waals surface area (Å²) < 4.78 is 5.84. The molecule has 1 N–H and O–H groups in total. The van der Waals surface area contributed by atoms with Crippen LogP contribution in [0, 0.1) is 12.8 Å². The molecule has 1 unspecified atom stereocenters. The maximum absolute atomic E-state index is 12.0. The van der Waals surface area contributed by atoms with Crippen LogP contribution in [0.1, 0.15) is 58.1 Å². The van der Waals surface area contributed by atoms with Gasteiger partial charge in [0.2, 0.25) is 0 Å². The number of carbonyl (C=O) groups is 1. The molecule has 0 spiro atoms. The third-order valence-corrected chi connectivity index (χ3v) is 3.57. The van der Waals surface area contributed by atoms with Gasteiger partial charge in [-0.25, -0.2) is 0 Å². The highest BCUT2D eigenvalue weighted by atomic mass is 16.5. The van der Waals surface area contributed by atoms with Crippen LogP contribution in [0.5, 0.6) is 5.75 Å². The normalized spacial score (nSPS) is 12.6. The van der Waals surface area contributed by atoms with Gasteiger partial charge in [0.1, 0.15) is 5.75 Å². The van der Waals surface area contributed by atoms with Gasteiger partial charge >= 0.3 is 0 Å². The fourth-order valence-corrected chi connectivity index (χ4v) is 1.97. The maximum atomic E-state index is 12.0. The number of amides is 1. The molecule has 0 heterocycles. The van der Waals surface area contributed by atoms with Crippen LogP contribution in [0.2, 0.25) is 0 Å². The second kappa shape index (κ2) is 8.06. The average molecular weight is 291 g/mol. The Bertz CT molecular complexity index is 466. The molecule has 21 heavy (non-hydrogen) atoms. The van der Waals surface area contributed by atoms with Crippen LogP contribution in [0.25, 0.3) is 0 Å². The molecule has 0 aromatic heterocycles. The Kier molecular flexibility index (Phi) is 6.73. The predicted octanol–water partition coefficient (Wildman–Crippen LogP) is 4.05. The van der Waals surface area contributed by atoms with Gasteiger partial charge in [-0.1, -0.05) is 39.8 Å². The Labute approximate surface area is 129 Å². The highest BCUT2D eigenvalue weighted by Crippen LogP contribution is 2.25. The van der Waals surface area contributed by atoms with E-state index in [1.165, 1.54) is 5.56 Å². The Morgan fingerprint density at radius 2 is 1.86 bits per heavy atom. The van der Waals surface area contributed by atoms with E-state index in [9.17, 15) is 4.79 Å². The monoisotopic (exact) mass is 291 g/mol. The number of nitrogens with one attached hydrogen (secondary N) is 1. The molecule has 3 heteroatoms. The minimum Gasteiger partial charge on any atom is -0.481 e. The zero-order chi connectivity index (χ0) is 16.0. The van der Waals surface area contributed by atoms with Crippen molar-refractivity contribution in [3.8, 4) is 5.75 Å². The number of aryl methyl sites for hydroxylation is 1. The first-order chi connectivity index (χ1) is 9.81. The molecule has 1 rings (SSSR count). The first-order valence-electron chi connectivity index (χ1n) is 7.86. The Hall–Kier alpha value is -1.51. The fourth-order valence-electron chi connectivity index (χ4n) is 1.97. The molecular weight excluding hydrogens is 262 g/mol. The molecule has 0 saturated carbocycles. The average Bonchev–Trinajstić information content (AvgIpc) is 2.40. The van der Waals surface area contributed by atoms with Gasteiger partial charge in [-0.15, -0.1) is 0 Å². The minimum atomic E-state index is -0.474. The summed E-state index contributed by atoms with van der Waals surface area (Å²) in [7, 11) is 0. The largest absolute Gasteiger partial charge is 0.481 e. The van der Waals surface area contributed by atoms with E-state index in [2.05, 4.69) is 39.1 Å².